The number of aromatic nitrogens is 3. The second-order valence-electron chi connectivity index (χ2n) is 10.6. The zero-order chi connectivity index (χ0) is 26.8. The molecular weight excluding hydrogens is 488 g/mol. The van der Waals surface area contributed by atoms with Crippen molar-refractivity contribution in [1.29, 1.82) is 5.26 Å². The summed E-state index contributed by atoms with van der Waals surface area (Å²) in [5.74, 6) is 7.31. The third kappa shape index (κ3) is 5.19. The van der Waals surface area contributed by atoms with Crippen molar-refractivity contribution >= 4 is 17.2 Å². The first kappa shape index (κ1) is 25.0. The van der Waals surface area contributed by atoms with Crippen LogP contribution in [0.15, 0.2) is 48.7 Å². The molecule has 2 atom stereocenters. The van der Waals surface area contributed by atoms with E-state index in [9.17, 15) is 5.11 Å². The summed E-state index contributed by atoms with van der Waals surface area (Å²) >= 11 is 0. The highest BCUT2D eigenvalue weighted by Crippen LogP contribution is 2.39. The molecule has 2 bridgehead atoms. The van der Waals surface area contributed by atoms with Gasteiger partial charge < -0.3 is 20.6 Å². The SMILES string of the molecule is N#CC1CCN(CC#Cc2cc(N3C4CCC3CN(c3cc(-c5ccccc5O)nnc3N)C4)ccn2)CC1. The van der Waals surface area contributed by atoms with Crippen LogP contribution in [0, 0.1) is 29.1 Å². The zero-order valence-corrected chi connectivity index (χ0v) is 21.9. The number of anilines is 3. The van der Waals surface area contributed by atoms with E-state index in [1.165, 1.54) is 0 Å². The van der Waals surface area contributed by atoms with E-state index in [1.807, 2.05) is 24.4 Å². The molecule has 3 fully saturated rings. The molecule has 3 aliphatic heterocycles. The molecule has 198 valence electrons. The van der Waals surface area contributed by atoms with E-state index in [4.69, 9.17) is 11.0 Å². The molecule has 5 heterocycles. The molecule has 3 aromatic rings. The van der Waals surface area contributed by atoms with Crippen molar-refractivity contribution < 1.29 is 5.11 Å². The molecule has 0 aliphatic carbocycles. The number of nitrogens with two attached hydrogens (primary N) is 1. The van der Waals surface area contributed by atoms with Crippen LogP contribution in [0.25, 0.3) is 11.3 Å². The summed E-state index contributed by atoms with van der Waals surface area (Å²) in [6.45, 7) is 4.22. The Bertz CT molecular complexity index is 1440. The number of aromatic hydroxyl groups is 1. The Labute approximate surface area is 228 Å². The van der Waals surface area contributed by atoms with Crippen molar-refractivity contribution in [3.63, 3.8) is 0 Å². The standard InChI is InChI=1S/C30H32N8O/c31-18-21-10-14-36(15-11-21)13-3-4-22-16-23(9-12-33-22)38-24-7-8-25(38)20-37(19-24)28-17-27(34-35-30(28)32)26-5-1-2-6-29(26)39/h1-2,5-6,9,12,16-17,21,24-25,39H,7-8,10-11,13-15,19-20H2,(H2,32,35). The van der Waals surface area contributed by atoms with Gasteiger partial charge in [0.15, 0.2) is 5.82 Å². The molecule has 3 saturated heterocycles. The Hall–Kier alpha value is -4.34. The zero-order valence-electron chi connectivity index (χ0n) is 21.9. The number of nitrogens with zero attached hydrogens (tertiary/aromatic N) is 7. The second-order valence-corrected chi connectivity index (χ2v) is 10.6. The van der Waals surface area contributed by atoms with Crippen molar-refractivity contribution in [1.82, 2.24) is 20.1 Å². The van der Waals surface area contributed by atoms with Crippen LogP contribution in [0.3, 0.4) is 0 Å². The summed E-state index contributed by atoms with van der Waals surface area (Å²) in [4.78, 5) is 11.6. The fourth-order valence-corrected chi connectivity index (χ4v) is 6.10. The summed E-state index contributed by atoms with van der Waals surface area (Å²) in [7, 11) is 0. The lowest BCUT2D eigenvalue weighted by atomic mass is 9.99. The van der Waals surface area contributed by atoms with Gasteiger partial charge >= 0.3 is 0 Å². The van der Waals surface area contributed by atoms with Gasteiger partial charge in [-0.25, -0.2) is 4.98 Å². The lowest BCUT2D eigenvalue weighted by Crippen LogP contribution is -2.54. The molecule has 1 aromatic carbocycles. The topological polar surface area (TPSA) is 118 Å². The van der Waals surface area contributed by atoms with E-state index in [1.54, 1.807) is 12.1 Å². The number of pyridine rings is 1. The van der Waals surface area contributed by atoms with Crippen LogP contribution in [-0.2, 0) is 0 Å². The van der Waals surface area contributed by atoms with Crippen molar-refractivity contribution in [3.8, 4) is 34.9 Å². The molecule has 9 nitrogen and oxygen atoms in total. The molecule has 9 heteroatoms. The lowest BCUT2D eigenvalue weighted by Gasteiger charge is -2.43. The van der Waals surface area contributed by atoms with Crippen molar-refractivity contribution in [2.45, 2.75) is 37.8 Å². The number of piperidine rings is 1. The number of piperazine rings is 1. The van der Waals surface area contributed by atoms with Crippen molar-refractivity contribution in [2.75, 3.05) is 48.3 Å². The quantitative estimate of drug-likeness (QED) is 0.500. The predicted octanol–water partition coefficient (Wildman–Crippen LogP) is 3.27. The van der Waals surface area contributed by atoms with Gasteiger partial charge in [0, 0.05) is 61.6 Å². The van der Waals surface area contributed by atoms with Gasteiger partial charge in [-0.2, -0.15) is 5.26 Å². The van der Waals surface area contributed by atoms with E-state index in [0.717, 1.165) is 68.9 Å². The van der Waals surface area contributed by atoms with Gasteiger partial charge in [0.25, 0.3) is 0 Å². The molecule has 0 radical (unpaired) electrons. The molecule has 3 N–H and O–H groups in total. The Morgan fingerprint density at radius 3 is 2.51 bits per heavy atom. The first-order chi connectivity index (χ1) is 19.1. The molecule has 39 heavy (non-hydrogen) atoms. The average molecular weight is 521 g/mol. The second kappa shape index (κ2) is 10.8. The Morgan fingerprint density at radius 2 is 1.77 bits per heavy atom. The van der Waals surface area contributed by atoms with E-state index < -0.39 is 0 Å². The van der Waals surface area contributed by atoms with Gasteiger partial charge in [-0.1, -0.05) is 18.1 Å². The van der Waals surface area contributed by atoms with Crippen LogP contribution < -0.4 is 15.5 Å². The molecule has 3 aliphatic rings. The van der Waals surface area contributed by atoms with Crippen LogP contribution in [0.4, 0.5) is 17.2 Å². The number of nitriles is 1. The molecule has 0 saturated carbocycles. The number of benzene rings is 1. The maximum Gasteiger partial charge on any atom is 0.169 e. The van der Waals surface area contributed by atoms with Gasteiger partial charge in [0.2, 0.25) is 0 Å². The summed E-state index contributed by atoms with van der Waals surface area (Å²) < 4.78 is 0. The van der Waals surface area contributed by atoms with Crippen LogP contribution >= 0.6 is 0 Å². The van der Waals surface area contributed by atoms with Gasteiger partial charge in [0.05, 0.1) is 24.0 Å². The Morgan fingerprint density at radius 1 is 1.00 bits per heavy atom. The number of hydrogen-bond acceptors (Lipinski definition) is 9. The van der Waals surface area contributed by atoms with Crippen LogP contribution in [0.5, 0.6) is 5.75 Å². The normalized spacial score (nSPS) is 21.3. The number of nitrogen functional groups attached to an aromatic ring is 1. The Balaban J connectivity index is 1.15. The maximum absolute atomic E-state index is 10.3. The minimum Gasteiger partial charge on any atom is -0.507 e. The van der Waals surface area contributed by atoms with E-state index >= 15 is 0 Å². The lowest BCUT2D eigenvalue weighted by molar-refractivity contribution is 0.228. The molecule has 6 rings (SSSR count). The molecule has 0 spiro atoms. The highest BCUT2D eigenvalue weighted by molar-refractivity contribution is 5.74. The summed E-state index contributed by atoms with van der Waals surface area (Å²) in [5, 5.41) is 27.9. The number of phenolic OH excluding ortho intramolecular Hbond substituents is 1. The van der Waals surface area contributed by atoms with Crippen LogP contribution in [0.2, 0.25) is 0 Å². The number of para-hydroxylation sites is 1. The highest BCUT2D eigenvalue weighted by atomic mass is 16.3. The maximum atomic E-state index is 10.3. The highest BCUT2D eigenvalue weighted by Gasteiger charge is 2.40. The van der Waals surface area contributed by atoms with Gasteiger partial charge in [-0.05, 0) is 61.9 Å². The minimum atomic E-state index is 0.174. The smallest absolute Gasteiger partial charge is 0.169 e. The first-order valence-corrected chi connectivity index (χ1v) is 13.6. The van der Waals surface area contributed by atoms with Gasteiger partial charge in [0.1, 0.15) is 11.4 Å². The molecule has 2 unspecified atom stereocenters. The number of rotatable bonds is 4. The number of hydrogen-bond donors (Lipinski definition) is 2. The minimum absolute atomic E-state index is 0.174. The van der Waals surface area contributed by atoms with E-state index in [0.29, 0.717) is 35.7 Å². The van der Waals surface area contributed by atoms with Crippen LogP contribution in [-0.4, -0.2) is 70.0 Å². The van der Waals surface area contributed by atoms with Crippen molar-refractivity contribution in [2.24, 2.45) is 5.92 Å². The fraction of sp³-hybridized carbons (Fsp3) is 0.400. The number of fused-ring (bicyclic) bond motifs is 2. The Kier molecular flexibility index (Phi) is 6.91. The number of phenols is 1. The fourth-order valence-electron chi connectivity index (χ4n) is 6.10. The van der Waals surface area contributed by atoms with Crippen LogP contribution in [0.1, 0.15) is 31.4 Å². The van der Waals surface area contributed by atoms with Gasteiger partial charge in [-0.15, -0.1) is 10.2 Å². The summed E-state index contributed by atoms with van der Waals surface area (Å²) in [5.41, 5.74) is 10.4. The largest absolute Gasteiger partial charge is 0.507 e. The van der Waals surface area contributed by atoms with E-state index in [2.05, 4.69) is 59.9 Å². The van der Waals surface area contributed by atoms with Crippen molar-refractivity contribution in [3.05, 3.63) is 54.4 Å². The summed E-state index contributed by atoms with van der Waals surface area (Å²) in [6.07, 6.45) is 5.92. The average Bonchev–Trinajstić information content (AvgIpc) is 3.23. The van der Waals surface area contributed by atoms with Gasteiger partial charge in [-0.3, -0.25) is 4.90 Å². The third-order valence-corrected chi connectivity index (χ3v) is 8.14. The monoisotopic (exact) mass is 520 g/mol. The molecule has 0 amide bonds. The molecular formula is C30H32N8O. The van der Waals surface area contributed by atoms with E-state index in [-0.39, 0.29) is 11.7 Å². The predicted molar refractivity (Wildman–Crippen MR) is 151 cm³/mol. The first-order valence-electron chi connectivity index (χ1n) is 13.6. The molecule has 2 aromatic heterocycles. The number of likely N-dealkylation sites (tertiary alicyclic amines) is 1. The third-order valence-electron chi connectivity index (χ3n) is 8.14. The summed E-state index contributed by atoms with van der Waals surface area (Å²) in [6, 6.07) is 16.3.